The molecule has 0 atom stereocenters. The minimum atomic E-state index is -0.262. The van der Waals surface area contributed by atoms with E-state index >= 15 is 0 Å². The molecule has 2 rings (SSSR count). The fourth-order valence-electron chi connectivity index (χ4n) is 1.50. The predicted octanol–water partition coefficient (Wildman–Crippen LogP) is 2.90. The topological polar surface area (TPSA) is 47.3 Å². The molecular weight excluding hydrogens is 231 g/mol. The molecule has 0 aliphatic rings. The van der Waals surface area contributed by atoms with Crippen molar-refractivity contribution < 1.29 is 9.13 Å². The Labute approximate surface area is 105 Å². The van der Waals surface area contributed by atoms with Crippen LogP contribution in [0.4, 0.5) is 15.8 Å². The van der Waals surface area contributed by atoms with Gasteiger partial charge in [0.1, 0.15) is 18.2 Å². The average Bonchev–Trinajstić information content (AvgIpc) is 2.39. The summed E-state index contributed by atoms with van der Waals surface area (Å²) in [6, 6.07) is 13.5. The van der Waals surface area contributed by atoms with Crippen LogP contribution in [0.1, 0.15) is 0 Å². The van der Waals surface area contributed by atoms with Crippen molar-refractivity contribution in [3.63, 3.8) is 0 Å². The first-order valence-corrected chi connectivity index (χ1v) is 5.72. The highest BCUT2D eigenvalue weighted by molar-refractivity contribution is 5.51. The van der Waals surface area contributed by atoms with Crippen LogP contribution >= 0.6 is 0 Å². The molecule has 3 N–H and O–H groups in total. The molecule has 94 valence electrons. The van der Waals surface area contributed by atoms with Crippen LogP contribution in [0, 0.1) is 5.82 Å². The summed E-state index contributed by atoms with van der Waals surface area (Å²) in [5.74, 6) is 0.401. The number of hydrogen-bond donors (Lipinski definition) is 2. The van der Waals surface area contributed by atoms with Crippen LogP contribution in [-0.2, 0) is 0 Å². The third-order valence-electron chi connectivity index (χ3n) is 2.42. The maximum absolute atomic E-state index is 12.7. The Morgan fingerprint density at radius 3 is 2.33 bits per heavy atom. The molecule has 2 aromatic carbocycles. The molecule has 4 heteroatoms. The van der Waals surface area contributed by atoms with Gasteiger partial charge in [0.05, 0.1) is 0 Å². The SMILES string of the molecule is Nc1ccc(NCCOc2ccc(F)cc2)cc1. The Kier molecular flexibility index (Phi) is 4.02. The van der Waals surface area contributed by atoms with Gasteiger partial charge in [-0.15, -0.1) is 0 Å². The lowest BCUT2D eigenvalue weighted by atomic mass is 10.3. The molecule has 0 aromatic heterocycles. The largest absolute Gasteiger partial charge is 0.492 e. The Bertz CT molecular complexity index is 435. The van der Waals surface area contributed by atoms with E-state index in [1.165, 1.54) is 12.1 Å². The van der Waals surface area contributed by atoms with Gasteiger partial charge in [-0.05, 0) is 48.5 Å². The Morgan fingerprint density at radius 2 is 1.67 bits per heavy atom. The van der Waals surface area contributed by atoms with E-state index in [2.05, 4.69) is 5.32 Å². The number of halogens is 1. The lowest BCUT2D eigenvalue weighted by molar-refractivity contribution is 0.332. The minimum Gasteiger partial charge on any atom is -0.492 e. The van der Waals surface area contributed by atoms with Crippen LogP contribution in [0.3, 0.4) is 0 Å². The molecule has 0 unspecified atom stereocenters. The normalized spacial score (nSPS) is 10.1. The number of ether oxygens (including phenoxy) is 1. The second kappa shape index (κ2) is 5.91. The monoisotopic (exact) mass is 246 g/mol. The Hall–Kier alpha value is -2.23. The van der Waals surface area contributed by atoms with E-state index in [0.29, 0.717) is 18.9 Å². The quantitative estimate of drug-likeness (QED) is 0.630. The molecule has 0 fully saturated rings. The van der Waals surface area contributed by atoms with Gasteiger partial charge in [-0.1, -0.05) is 0 Å². The number of nitrogens with two attached hydrogens (primary N) is 1. The Balaban J connectivity index is 1.73. The molecule has 0 amide bonds. The summed E-state index contributed by atoms with van der Waals surface area (Å²) in [7, 11) is 0. The van der Waals surface area contributed by atoms with Crippen LogP contribution in [0.15, 0.2) is 48.5 Å². The number of hydrogen-bond acceptors (Lipinski definition) is 3. The summed E-state index contributed by atoms with van der Waals surface area (Å²) in [6.07, 6.45) is 0. The van der Waals surface area contributed by atoms with E-state index < -0.39 is 0 Å². The van der Waals surface area contributed by atoms with Crippen molar-refractivity contribution in [2.75, 3.05) is 24.2 Å². The van der Waals surface area contributed by atoms with Crippen molar-refractivity contribution in [2.45, 2.75) is 0 Å². The molecule has 3 nitrogen and oxygen atoms in total. The molecule has 0 radical (unpaired) electrons. The summed E-state index contributed by atoms with van der Waals surface area (Å²) < 4.78 is 18.1. The summed E-state index contributed by atoms with van der Waals surface area (Å²) in [5, 5.41) is 3.20. The number of anilines is 2. The molecule has 0 bridgehead atoms. The van der Waals surface area contributed by atoms with Crippen molar-refractivity contribution in [1.29, 1.82) is 0 Å². The standard InChI is InChI=1S/C14H15FN2O/c15-11-1-7-14(8-2-11)18-10-9-17-13-5-3-12(16)4-6-13/h1-8,17H,9-10,16H2. The zero-order chi connectivity index (χ0) is 12.8. The van der Waals surface area contributed by atoms with Crippen LogP contribution in [0.2, 0.25) is 0 Å². The molecule has 0 aliphatic heterocycles. The van der Waals surface area contributed by atoms with E-state index in [1.807, 2.05) is 24.3 Å². The number of rotatable bonds is 5. The van der Waals surface area contributed by atoms with Crippen molar-refractivity contribution >= 4 is 11.4 Å². The maximum atomic E-state index is 12.7. The maximum Gasteiger partial charge on any atom is 0.123 e. The lowest BCUT2D eigenvalue weighted by Gasteiger charge is -2.08. The zero-order valence-electron chi connectivity index (χ0n) is 9.90. The molecular formula is C14H15FN2O. The second-order valence-corrected chi connectivity index (χ2v) is 3.85. The van der Waals surface area contributed by atoms with Gasteiger partial charge < -0.3 is 15.8 Å². The fourth-order valence-corrected chi connectivity index (χ4v) is 1.50. The van der Waals surface area contributed by atoms with E-state index in [1.54, 1.807) is 12.1 Å². The van der Waals surface area contributed by atoms with Gasteiger partial charge in [-0.3, -0.25) is 0 Å². The molecule has 2 aromatic rings. The van der Waals surface area contributed by atoms with Crippen LogP contribution in [0.5, 0.6) is 5.75 Å². The van der Waals surface area contributed by atoms with Crippen LogP contribution in [0.25, 0.3) is 0 Å². The average molecular weight is 246 g/mol. The minimum absolute atomic E-state index is 0.262. The van der Waals surface area contributed by atoms with Gasteiger partial charge in [0.25, 0.3) is 0 Å². The second-order valence-electron chi connectivity index (χ2n) is 3.85. The van der Waals surface area contributed by atoms with Gasteiger partial charge in [0, 0.05) is 17.9 Å². The first kappa shape index (κ1) is 12.2. The third kappa shape index (κ3) is 3.66. The highest BCUT2D eigenvalue weighted by Crippen LogP contribution is 2.12. The summed E-state index contributed by atoms with van der Waals surface area (Å²) in [6.45, 7) is 1.18. The molecule has 0 saturated carbocycles. The lowest BCUT2D eigenvalue weighted by Crippen LogP contribution is -2.11. The highest BCUT2D eigenvalue weighted by Gasteiger charge is 1.95. The van der Waals surface area contributed by atoms with Gasteiger partial charge in [0.15, 0.2) is 0 Å². The van der Waals surface area contributed by atoms with Crippen molar-refractivity contribution in [3.05, 3.63) is 54.3 Å². The van der Waals surface area contributed by atoms with Crippen molar-refractivity contribution in [3.8, 4) is 5.75 Å². The van der Waals surface area contributed by atoms with Crippen molar-refractivity contribution in [2.24, 2.45) is 0 Å². The zero-order valence-corrected chi connectivity index (χ0v) is 9.90. The van der Waals surface area contributed by atoms with Gasteiger partial charge in [-0.25, -0.2) is 4.39 Å². The molecule has 0 saturated heterocycles. The molecule has 18 heavy (non-hydrogen) atoms. The number of nitrogens with one attached hydrogen (secondary N) is 1. The molecule has 0 aliphatic carbocycles. The third-order valence-corrected chi connectivity index (χ3v) is 2.42. The van der Waals surface area contributed by atoms with E-state index in [-0.39, 0.29) is 5.82 Å². The summed E-state index contributed by atoms with van der Waals surface area (Å²) in [5.41, 5.74) is 7.32. The first-order chi connectivity index (χ1) is 8.74. The molecule has 0 heterocycles. The number of nitrogen functional groups attached to an aromatic ring is 1. The first-order valence-electron chi connectivity index (χ1n) is 5.72. The summed E-state index contributed by atoms with van der Waals surface area (Å²) in [4.78, 5) is 0. The number of benzene rings is 2. The fraction of sp³-hybridized carbons (Fsp3) is 0.143. The predicted molar refractivity (Wildman–Crippen MR) is 71.2 cm³/mol. The highest BCUT2D eigenvalue weighted by atomic mass is 19.1. The Morgan fingerprint density at radius 1 is 1.00 bits per heavy atom. The van der Waals surface area contributed by atoms with E-state index in [4.69, 9.17) is 10.5 Å². The van der Waals surface area contributed by atoms with E-state index in [0.717, 1.165) is 11.4 Å². The molecule has 0 spiro atoms. The van der Waals surface area contributed by atoms with Crippen LogP contribution < -0.4 is 15.8 Å². The smallest absolute Gasteiger partial charge is 0.123 e. The summed E-state index contributed by atoms with van der Waals surface area (Å²) >= 11 is 0. The van der Waals surface area contributed by atoms with Crippen molar-refractivity contribution in [1.82, 2.24) is 0 Å². The van der Waals surface area contributed by atoms with Gasteiger partial charge in [-0.2, -0.15) is 0 Å². The van der Waals surface area contributed by atoms with Gasteiger partial charge >= 0.3 is 0 Å². The van der Waals surface area contributed by atoms with Crippen LogP contribution in [-0.4, -0.2) is 13.2 Å². The van der Waals surface area contributed by atoms with Gasteiger partial charge in [0.2, 0.25) is 0 Å². The van der Waals surface area contributed by atoms with E-state index in [9.17, 15) is 4.39 Å².